The number of hydrogen-bond donors (Lipinski definition) is 0. The summed E-state index contributed by atoms with van der Waals surface area (Å²) in [7, 11) is 0. The third-order valence-electron chi connectivity index (χ3n) is 1.20. The Labute approximate surface area is 95.4 Å². The van der Waals surface area contributed by atoms with Gasteiger partial charge >= 0.3 is 79.3 Å². The van der Waals surface area contributed by atoms with Crippen molar-refractivity contribution in [2.45, 2.75) is 5.02 Å². The molecule has 1 rings (SSSR count). The molecular formula is C7H6BrIZn. The van der Waals surface area contributed by atoms with Crippen molar-refractivity contribution in [2.24, 2.45) is 0 Å². The van der Waals surface area contributed by atoms with Crippen molar-refractivity contribution in [3.63, 3.8) is 0 Å². The molecule has 50 valence electrons. The van der Waals surface area contributed by atoms with Crippen LogP contribution in [0.4, 0.5) is 0 Å². The molecule has 0 fully saturated rings. The van der Waals surface area contributed by atoms with E-state index in [1.54, 1.807) is 0 Å². The molecule has 0 N–H and O–H groups in total. The second-order valence-corrected chi connectivity index (χ2v) is 4.17. The normalized spacial score (nSPS) is 8.70. The van der Waals surface area contributed by atoms with Crippen molar-refractivity contribution in [1.29, 1.82) is 0 Å². The predicted octanol–water partition coefficient (Wildman–Crippen LogP) is -0.658. The summed E-state index contributed by atoms with van der Waals surface area (Å²) in [6.45, 7) is 0. The van der Waals surface area contributed by atoms with Crippen LogP contribution in [0.2, 0.25) is 0 Å². The first kappa shape index (κ1) is 11.1. The van der Waals surface area contributed by atoms with Gasteiger partial charge in [0.1, 0.15) is 0 Å². The molecule has 0 saturated heterocycles. The van der Waals surface area contributed by atoms with Gasteiger partial charge in [-0.3, -0.25) is 0 Å². The Hall–Kier alpha value is 1.05. The van der Waals surface area contributed by atoms with Crippen LogP contribution in [-0.4, -0.2) is 0 Å². The molecule has 0 aliphatic heterocycles. The van der Waals surface area contributed by atoms with Crippen LogP contribution in [0.1, 0.15) is 5.56 Å². The van der Waals surface area contributed by atoms with E-state index in [1.807, 2.05) is 0 Å². The third kappa shape index (κ3) is 3.45. The molecule has 0 heterocycles. The zero-order valence-corrected chi connectivity index (χ0v) is 12.2. The molecule has 1 aromatic rings. The van der Waals surface area contributed by atoms with Gasteiger partial charge in [0.25, 0.3) is 0 Å². The maximum absolute atomic E-state index is 2.32. The molecular weight excluding hydrogens is 356 g/mol. The van der Waals surface area contributed by atoms with E-state index < -0.39 is 0 Å². The fourth-order valence-corrected chi connectivity index (χ4v) is 1.71. The van der Waals surface area contributed by atoms with E-state index in [4.69, 9.17) is 0 Å². The number of rotatable bonds is 1. The first-order valence-corrected chi connectivity index (χ1v) is 6.04. The number of benzene rings is 1. The van der Waals surface area contributed by atoms with Gasteiger partial charge in [0, 0.05) is 0 Å². The van der Waals surface area contributed by atoms with Crippen molar-refractivity contribution >= 4 is 22.6 Å². The fourth-order valence-electron chi connectivity index (χ4n) is 0.651. The summed E-state index contributed by atoms with van der Waals surface area (Å²) in [5, 5.41) is 1.26. The van der Waals surface area contributed by atoms with Crippen molar-refractivity contribution < 1.29 is 35.3 Å². The van der Waals surface area contributed by atoms with Gasteiger partial charge in [0.05, 0.1) is 0 Å². The minimum atomic E-state index is 0. The zero-order valence-electron chi connectivity index (χ0n) is 5.48. The predicted molar refractivity (Wildman–Crippen MR) is 42.9 cm³/mol. The van der Waals surface area contributed by atoms with E-state index in [2.05, 4.69) is 46.9 Å². The fraction of sp³-hybridized carbons (Fsp3) is 0.143. The van der Waals surface area contributed by atoms with E-state index >= 15 is 0 Å². The summed E-state index contributed by atoms with van der Waals surface area (Å²) in [6.07, 6.45) is 0. The Morgan fingerprint density at radius 1 is 1.20 bits per heavy atom. The molecule has 0 radical (unpaired) electrons. The maximum atomic E-state index is 2.32. The van der Waals surface area contributed by atoms with Crippen LogP contribution in [0, 0.1) is 3.57 Å². The molecule has 0 amide bonds. The van der Waals surface area contributed by atoms with Gasteiger partial charge in [-0.15, -0.1) is 0 Å². The van der Waals surface area contributed by atoms with E-state index in [1.165, 1.54) is 32.5 Å². The number of hydrogen-bond acceptors (Lipinski definition) is 0. The molecule has 0 saturated carbocycles. The van der Waals surface area contributed by atoms with E-state index in [-0.39, 0.29) is 17.0 Å². The minimum absolute atomic E-state index is 0. The average Bonchev–Trinajstić information content (AvgIpc) is 1.90. The molecule has 0 unspecified atom stereocenters. The summed E-state index contributed by atoms with van der Waals surface area (Å²) in [5.41, 5.74) is 1.47. The van der Waals surface area contributed by atoms with Gasteiger partial charge in [-0.2, -0.15) is 0 Å². The van der Waals surface area contributed by atoms with Crippen molar-refractivity contribution in [3.8, 4) is 0 Å². The van der Waals surface area contributed by atoms with Gasteiger partial charge in [-0.1, -0.05) is 0 Å². The van der Waals surface area contributed by atoms with Crippen LogP contribution in [0.25, 0.3) is 0 Å². The van der Waals surface area contributed by atoms with Crippen LogP contribution >= 0.6 is 22.6 Å². The Morgan fingerprint density at radius 2 is 1.70 bits per heavy atom. The topological polar surface area (TPSA) is 0 Å². The van der Waals surface area contributed by atoms with Gasteiger partial charge in [-0.25, -0.2) is 0 Å². The monoisotopic (exact) mass is 360 g/mol. The molecule has 3 heteroatoms. The van der Waals surface area contributed by atoms with Crippen molar-refractivity contribution in [3.05, 3.63) is 33.4 Å². The molecule has 1 aromatic carbocycles. The Kier molecular flexibility index (Phi) is 6.27. The standard InChI is InChI=1S/C7H6I.BrH.Zn/c1-6-2-4-7(8)5-3-6;;/h2-5H,1H2;1H;/q;;+1/p-1. The van der Waals surface area contributed by atoms with E-state index in [0.29, 0.717) is 0 Å². The second-order valence-electron chi connectivity index (χ2n) is 1.88. The molecule has 0 aliphatic carbocycles. The van der Waals surface area contributed by atoms with Gasteiger partial charge in [0.15, 0.2) is 0 Å². The van der Waals surface area contributed by atoms with Crippen LogP contribution in [0.15, 0.2) is 24.3 Å². The summed E-state index contributed by atoms with van der Waals surface area (Å²) in [6, 6.07) is 8.72. The summed E-state index contributed by atoms with van der Waals surface area (Å²) < 4.78 is 1.32. The quantitative estimate of drug-likeness (QED) is 0.460. The number of halogens is 2. The second kappa shape index (κ2) is 5.67. The first-order valence-electron chi connectivity index (χ1n) is 2.86. The van der Waals surface area contributed by atoms with E-state index in [9.17, 15) is 0 Å². The summed E-state index contributed by atoms with van der Waals surface area (Å²) in [5.74, 6) is 0. The Bertz CT molecular complexity index is 185. The molecule has 10 heavy (non-hydrogen) atoms. The van der Waals surface area contributed by atoms with Crippen LogP contribution in [0.5, 0.6) is 0 Å². The third-order valence-corrected chi connectivity index (χ3v) is 3.13. The van der Waals surface area contributed by atoms with Gasteiger partial charge in [0.2, 0.25) is 0 Å². The zero-order chi connectivity index (χ0) is 6.69. The van der Waals surface area contributed by atoms with Crippen LogP contribution in [0.3, 0.4) is 0 Å². The van der Waals surface area contributed by atoms with Crippen LogP contribution < -0.4 is 17.0 Å². The SMILES string of the molecule is [Br-].[Zn+][CH2]c1ccc(I)cc1. The summed E-state index contributed by atoms with van der Waals surface area (Å²) >= 11 is 3.68. The average molecular weight is 362 g/mol. The molecule has 0 atom stereocenters. The molecule has 0 bridgehead atoms. The molecule has 0 spiro atoms. The van der Waals surface area contributed by atoms with E-state index in [0.717, 1.165) is 0 Å². The molecule has 0 aromatic heterocycles. The Balaban J connectivity index is 0.000000810. The van der Waals surface area contributed by atoms with Gasteiger partial charge < -0.3 is 17.0 Å². The molecule has 0 aliphatic rings. The first-order chi connectivity index (χ1) is 4.33. The molecule has 0 nitrogen and oxygen atoms in total. The summed E-state index contributed by atoms with van der Waals surface area (Å²) in [4.78, 5) is 0. The Morgan fingerprint density at radius 3 is 2.10 bits per heavy atom. The van der Waals surface area contributed by atoms with Crippen LogP contribution in [-0.2, 0) is 23.3 Å². The van der Waals surface area contributed by atoms with Crippen molar-refractivity contribution in [2.75, 3.05) is 0 Å². The van der Waals surface area contributed by atoms with Crippen molar-refractivity contribution in [1.82, 2.24) is 0 Å². The van der Waals surface area contributed by atoms with Gasteiger partial charge in [-0.05, 0) is 0 Å².